The fourth-order valence-corrected chi connectivity index (χ4v) is 12.3. The van der Waals surface area contributed by atoms with Gasteiger partial charge in [0, 0.05) is 24.9 Å². The van der Waals surface area contributed by atoms with Gasteiger partial charge in [-0.15, -0.1) is 0 Å². The number of amides is 3. The van der Waals surface area contributed by atoms with Gasteiger partial charge in [-0.05, 0) is 112 Å². The lowest BCUT2D eigenvalue weighted by Gasteiger charge is -2.71. The molecule has 9 N–H and O–H groups in total. The summed E-state index contributed by atoms with van der Waals surface area (Å²) in [6, 6.07) is -0.827. The second-order valence-corrected chi connectivity index (χ2v) is 18.2. The molecule has 12 atom stereocenters. The second kappa shape index (κ2) is 14.0. The van der Waals surface area contributed by atoms with Gasteiger partial charge in [0.05, 0.1) is 42.8 Å². The van der Waals surface area contributed by atoms with Gasteiger partial charge in [-0.1, -0.05) is 39.3 Å². The molecule has 0 bridgehead atoms. The van der Waals surface area contributed by atoms with Crippen molar-refractivity contribution in [2.24, 2.45) is 61.7 Å². The average molecular weight is 717 g/mol. The number of hydrogen-bond acceptors (Lipinski definition) is 9. The van der Waals surface area contributed by atoms with Crippen LogP contribution < -0.4 is 22.1 Å². The van der Waals surface area contributed by atoms with Gasteiger partial charge in [0.25, 0.3) is 0 Å². The first-order valence-corrected chi connectivity index (χ1v) is 19.2. The highest BCUT2D eigenvalue weighted by molar-refractivity contribution is 5.85. The number of carbonyl (C=O) groups is 4. The van der Waals surface area contributed by atoms with Crippen molar-refractivity contribution in [1.82, 2.24) is 10.6 Å². The normalized spacial score (nSPS) is 43.6. The van der Waals surface area contributed by atoms with Crippen LogP contribution in [0.1, 0.15) is 112 Å². The molecule has 0 saturated heterocycles. The summed E-state index contributed by atoms with van der Waals surface area (Å²) in [5.41, 5.74) is 9.34. The zero-order valence-corrected chi connectivity index (χ0v) is 31.7. The number of primary amides is 1. The Morgan fingerprint density at radius 3 is 2.27 bits per heavy atom. The van der Waals surface area contributed by atoms with E-state index in [1.807, 2.05) is 13.8 Å². The van der Waals surface area contributed by atoms with Crippen LogP contribution in [0.5, 0.6) is 0 Å². The molecule has 288 valence electrons. The Hall–Kier alpha value is -2.54. The molecule has 0 spiro atoms. The monoisotopic (exact) mass is 716 g/mol. The molecule has 0 radical (unpaired) electrons. The molecular formula is C39H64N4O8. The molecule has 4 fully saturated rings. The number of nitrogens with one attached hydrogen (secondary N) is 2. The maximum atomic E-state index is 14.4. The van der Waals surface area contributed by atoms with Crippen LogP contribution in [-0.2, 0) is 23.9 Å². The van der Waals surface area contributed by atoms with Gasteiger partial charge in [-0.2, -0.15) is 0 Å². The van der Waals surface area contributed by atoms with E-state index < -0.39 is 40.4 Å². The van der Waals surface area contributed by atoms with Crippen molar-refractivity contribution < 1.29 is 39.2 Å². The largest absolute Gasteiger partial charge is 0.469 e. The van der Waals surface area contributed by atoms with Gasteiger partial charge in [-0.25, -0.2) is 0 Å². The highest BCUT2D eigenvalue weighted by Gasteiger charge is 2.71. The summed E-state index contributed by atoms with van der Waals surface area (Å²) in [7, 11) is 1.43. The standard InChI is InChI=1S/C39H64N4O8/c1-34(33(50)51-6)14-16-39(32(49)43-19-7-18-42-31(48)25(40)9-11-29(41)46)17-15-37(4)23(24(39)20-34)8-10-28-35(2)21-26(45)30(47)36(3,22-44)27(35)12-13-38(28,37)5/h8,24-28,30,44-45,47H,7,9-22,40H2,1-6H3,(H2,41,46)(H,42,48)(H,43,49)/t24?,25-,26-,27?,28?,30-,34-,35-,36-,37+,38+,39-/m0/s1. The fourth-order valence-electron chi connectivity index (χ4n) is 12.3. The van der Waals surface area contributed by atoms with E-state index in [1.54, 1.807) is 0 Å². The summed E-state index contributed by atoms with van der Waals surface area (Å²) >= 11 is 0. The number of hydrogen-bond donors (Lipinski definition) is 7. The molecule has 5 rings (SSSR count). The smallest absolute Gasteiger partial charge is 0.311 e. The van der Waals surface area contributed by atoms with Crippen LogP contribution in [0.2, 0.25) is 0 Å². The molecular weight excluding hydrogens is 652 g/mol. The summed E-state index contributed by atoms with van der Waals surface area (Å²) in [6.07, 6.45) is 7.27. The van der Waals surface area contributed by atoms with Crippen LogP contribution in [0.3, 0.4) is 0 Å². The minimum absolute atomic E-state index is 0.0158. The van der Waals surface area contributed by atoms with E-state index in [1.165, 1.54) is 12.7 Å². The lowest BCUT2D eigenvalue weighted by molar-refractivity contribution is -0.243. The number of fused-ring (bicyclic) bond motifs is 7. The number of rotatable bonds is 11. The van der Waals surface area contributed by atoms with Crippen molar-refractivity contribution >= 4 is 23.7 Å². The molecule has 0 aromatic rings. The maximum Gasteiger partial charge on any atom is 0.311 e. The van der Waals surface area contributed by atoms with Crippen LogP contribution in [0, 0.1) is 50.2 Å². The molecule has 3 unspecified atom stereocenters. The first-order chi connectivity index (χ1) is 23.8. The number of aliphatic hydroxyl groups is 3. The summed E-state index contributed by atoms with van der Waals surface area (Å²) in [5, 5.41) is 38.9. The Morgan fingerprint density at radius 1 is 0.961 bits per heavy atom. The fraction of sp³-hybridized carbons (Fsp3) is 0.846. The third-order valence-corrected chi connectivity index (χ3v) is 15.6. The van der Waals surface area contributed by atoms with Crippen molar-refractivity contribution in [1.29, 1.82) is 0 Å². The van der Waals surface area contributed by atoms with Gasteiger partial charge in [0.1, 0.15) is 0 Å². The van der Waals surface area contributed by atoms with Gasteiger partial charge < -0.3 is 42.2 Å². The molecule has 0 heterocycles. The van der Waals surface area contributed by atoms with Crippen molar-refractivity contribution in [3.8, 4) is 0 Å². The van der Waals surface area contributed by atoms with E-state index in [9.17, 15) is 34.5 Å². The van der Waals surface area contributed by atoms with E-state index in [2.05, 4.69) is 37.5 Å². The van der Waals surface area contributed by atoms with Crippen LogP contribution in [0.4, 0.5) is 0 Å². The quantitative estimate of drug-likeness (QED) is 0.0949. The molecule has 0 aromatic carbocycles. The minimum atomic E-state index is -0.982. The summed E-state index contributed by atoms with van der Waals surface area (Å²) in [5.74, 6) is -1.06. The van der Waals surface area contributed by atoms with Crippen LogP contribution in [0.15, 0.2) is 11.6 Å². The molecule has 12 nitrogen and oxygen atoms in total. The predicted molar refractivity (Wildman–Crippen MR) is 191 cm³/mol. The number of nitrogens with two attached hydrogens (primary N) is 2. The lowest BCUT2D eigenvalue weighted by atomic mass is 9.33. The molecule has 4 saturated carbocycles. The minimum Gasteiger partial charge on any atom is -0.469 e. The molecule has 5 aliphatic rings. The summed E-state index contributed by atoms with van der Waals surface area (Å²) in [4.78, 5) is 51.1. The number of allylic oxidation sites excluding steroid dienone is 2. The Kier molecular flexibility index (Phi) is 10.9. The summed E-state index contributed by atoms with van der Waals surface area (Å²) in [6.45, 7) is 11.4. The van der Waals surface area contributed by atoms with Gasteiger partial charge >= 0.3 is 5.97 Å². The zero-order valence-electron chi connectivity index (χ0n) is 31.7. The van der Waals surface area contributed by atoms with E-state index in [4.69, 9.17) is 16.2 Å². The second-order valence-electron chi connectivity index (χ2n) is 18.2. The molecule has 0 aromatic heterocycles. The zero-order chi connectivity index (χ0) is 37.8. The first kappa shape index (κ1) is 39.7. The van der Waals surface area contributed by atoms with Gasteiger partial charge in [0.15, 0.2) is 0 Å². The first-order valence-electron chi connectivity index (χ1n) is 19.2. The third-order valence-electron chi connectivity index (χ3n) is 15.6. The lowest BCUT2D eigenvalue weighted by Crippen LogP contribution is -2.68. The van der Waals surface area contributed by atoms with Crippen molar-refractivity contribution in [3.05, 3.63) is 11.6 Å². The van der Waals surface area contributed by atoms with Gasteiger partial charge in [-0.3, -0.25) is 19.2 Å². The molecule has 5 aliphatic carbocycles. The molecule has 51 heavy (non-hydrogen) atoms. The predicted octanol–water partition coefficient (Wildman–Crippen LogP) is 2.46. The Balaban J connectivity index is 1.40. The number of methoxy groups -OCH3 is 1. The van der Waals surface area contributed by atoms with E-state index in [0.717, 1.165) is 25.7 Å². The average Bonchev–Trinajstić information content (AvgIpc) is 3.09. The molecule has 12 heteroatoms. The van der Waals surface area contributed by atoms with Gasteiger partial charge in [0.2, 0.25) is 17.7 Å². The molecule has 3 amide bonds. The van der Waals surface area contributed by atoms with Crippen LogP contribution >= 0.6 is 0 Å². The van der Waals surface area contributed by atoms with E-state index >= 15 is 0 Å². The number of ether oxygens (including phenoxy) is 1. The van der Waals surface area contributed by atoms with E-state index in [0.29, 0.717) is 51.6 Å². The van der Waals surface area contributed by atoms with Crippen LogP contribution in [0.25, 0.3) is 0 Å². The number of aliphatic hydroxyl groups excluding tert-OH is 3. The summed E-state index contributed by atoms with van der Waals surface area (Å²) < 4.78 is 5.32. The third kappa shape index (κ3) is 6.23. The Bertz CT molecular complexity index is 1420. The number of carbonyl (C=O) groups excluding carboxylic acids is 4. The maximum absolute atomic E-state index is 14.4. The SMILES string of the molecule is COC(=O)[C@@]1(C)CC[C@]2(C(=O)NCCCNC(=O)[C@@H](N)CCC(N)=O)CC[C@]3(C)C(=CCC4[C@@]5(C)C[C@H](O)[C@H](O)[C@@](C)(CO)C5CC[C@]43C)C2C1. The topological polar surface area (TPSA) is 214 Å². The highest BCUT2D eigenvalue weighted by atomic mass is 16.5. The Morgan fingerprint density at radius 2 is 1.63 bits per heavy atom. The highest BCUT2D eigenvalue weighted by Crippen LogP contribution is 2.75. The van der Waals surface area contributed by atoms with Crippen molar-refractivity contribution in [2.45, 2.75) is 130 Å². The molecule has 0 aliphatic heterocycles. The Labute approximate surface area is 303 Å². The number of esters is 1. The van der Waals surface area contributed by atoms with Crippen molar-refractivity contribution in [3.63, 3.8) is 0 Å². The van der Waals surface area contributed by atoms with Crippen molar-refractivity contribution in [2.75, 3.05) is 26.8 Å². The van der Waals surface area contributed by atoms with Crippen LogP contribution in [-0.4, -0.2) is 84.1 Å². The van der Waals surface area contributed by atoms with E-state index in [-0.39, 0.29) is 71.2 Å².